The number of halogens is 2. The molecule has 1 aliphatic rings. The summed E-state index contributed by atoms with van der Waals surface area (Å²) in [6, 6.07) is 12.5. The van der Waals surface area contributed by atoms with E-state index >= 15 is 0 Å². The Labute approximate surface area is 196 Å². The van der Waals surface area contributed by atoms with Gasteiger partial charge < -0.3 is 9.64 Å². The van der Waals surface area contributed by atoms with Crippen LogP contribution >= 0.6 is 0 Å². The van der Waals surface area contributed by atoms with Gasteiger partial charge in [-0.15, -0.1) is 0 Å². The minimum Gasteiger partial charge on any atom is -0.453 e. The zero-order valence-electron chi connectivity index (χ0n) is 18.0. The number of carbonyl (C=O) groups is 1. The Morgan fingerprint density at radius 2 is 1.79 bits per heavy atom. The first-order valence-corrected chi connectivity index (χ1v) is 11.9. The van der Waals surface area contributed by atoms with Gasteiger partial charge in [0, 0.05) is 38.5 Å². The van der Waals surface area contributed by atoms with E-state index in [-0.39, 0.29) is 42.7 Å². The van der Waals surface area contributed by atoms with Crippen molar-refractivity contribution in [2.75, 3.05) is 26.2 Å². The Morgan fingerprint density at radius 1 is 1.00 bits per heavy atom. The maximum absolute atomic E-state index is 14.4. The van der Waals surface area contributed by atoms with Crippen molar-refractivity contribution >= 4 is 22.0 Å². The van der Waals surface area contributed by atoms with Crippen LogP contribution in [0, 0.1) is 11.6 Å². The summed E-state index contributed by atoms with van der Waals surface area (Å²) in [4.78, 5) is 17.8. The molecule has 34 heavy (non-hydrogen) atoms. The lowest BCUT2D eigenvalue weighted by atomic mass is 10.2. The van der Waals surface area contributed by atoms with Crippen molar-refractivity contribution in [3.8, 4) is 11.5 Å². The summed E-state index contributed by atoms with van der Waals surface area (Å²) in [5.41, 5.74) is 0.469. The fourth-order valence-corrected chi connectivity index (χ4v) is 4.89. The number of pyridine rings is 1. The van der Waals surface area contributed by atoms with E-state index in [1.165, 1.54) is 57.9 Å². The maximum Gasteiger partial charge on any atom is 0.246 e. The van der Waals surface area contributed by atoms with E-state index in [1.807, 2.05) is 0 Å². The smallest absolute Gasteiger partial charge is 0.246 e. The van der Waals surface area contributed by atoms with Crippen LogP contribution in [-0.2, 0) is 14.8 Å². The zero-order chi connectivity index (χ0) is 24.1. The van der Waals surface area contributed by atoms with E-state index in [2.05, 4.69) is 4.98 Å². The Bertz CT molecular complexity index is 1310. The summed E-state index contributed by atoms with van der Waals surface area (Å²) < 4.78 is 59.9. The topological polar surface area (TPSA) is 79.8 Å². The third-order valence-electron chi connectivity index (χ3n) is 5.22. The summed E-state index contributed by atoms with van der Waals surface area (Å²) >= 11 is 0. The standard InChI is InChI=1S/C24H21F2N3O4S/c25-19-3-1-5-21(16-19)34(31,32)29-13-11-28(12-14-29)24(30)9-7-18-6-8-23(22(26)15-18)33-20-4-2-10-27-17-20/h1-10,15-17H,11-14H2/b9-7+. The second-order valence-electron chi connectivity index (χ2n) is 7.50. The number of sulfonamides is 1. The lowest BCUT2D eigenvalue weighted by Crippen LogP contribution is -2.50. The van der Waals surface area contributed by atoms with Gasteiger partial charge in [-0.25, -0.2) is 17.2 Å². The SMILES string of the molecule is O=C(/C=C/c1ccc(Oc2cccnc2)c(F)c1)N1CCN(S(=O)(=O)c2cccc(F)c2)CC1. The molecule has 0 N–H and O–H groups in total. The monoisotopic (exact) mass is 485 g/mol. The number of carbonyl (C=O) groups excluding carboxylic acids is 1. The molecular weight excluding hydrogens is 464 g/mol. The van der Waals surface area contributed by atoms with Crippen molar-refractivity contribution in [1.82, 2.24) is 14.2 Å². The number of hydrogen-bond acceptors (Lipinski definition) is 5. The lowest BCUT2D eigenvalue weighted by molar-refractivity contribution is -0.127. The molecule has 176 valence electrons. The second-order valence-corrected chi connectivity index (χ2v) is 9.44. The quantitative estimate of drug-likeness (QED) is 0.498. The largest absolute Gasteiger partial charge is 0.453 e. The third kappa shape index (κ3) is 5.46. The third-order valence-corrected chi connectivity index (χ3v) is 7.12. The van der Waals surface area contributed by atoms with Gasteiger partial charge in [0.15, 0.2) is 11.6 Å². The average molecular weight is 486 g/mol. The van der Waals surface area contributed by atoms with E-state index in [1.54, 1.807) is 24.4 Å². The molecule has 1 saturated heterocycles. The van der Waals surface area contributed by atoms with Crippen LogP contribution in [-0.4, -0.2) is 54.7 Å². The van der Waals surface area contributed by atoms with Gasteiger partial charge in [-0.1, -0.05) is 12.1 Å². The molecule has 4 rings (SSSR count). The number of hydrogen-bond donors (Lipinski definition) is 0. The first kappa shape index (κ1) is 23.5. The summed E-state index contributed by atoms with van der Waals surface area (Å²) in [5, 5.41) is 0. The predicted molar refractivity (Wildman–Crippen MR) is 121 cm³/mol. The van der Waals surface area contributed by atoms with Crippen LogP contribution in [0.2, 0.25) is 0 Å². The molecule has 1 fully saturated rings. The van der Waals surface area contributed by atoms with Crippen LogP contribution in [0.25, 0.3) is 6.08 Å². The highest BCUT2D eigenvalue weighted by molar-refractivity contribution is 7.89. The Hall–Kier alpha value is -3.63. The number of benzene rings is 2. The van der Waals surface area contributed by atoms with E-state index in [4.69, 9.17) is 4.74 Å². The lowest BCUT2D eigenvalue weighted by Gasteiger charge is -2.33. The van der Waals surface area contributed by atoms with Crippen LogP contribution in [0.15, 0.2) is 78.0 Å². The number of rotatable bonds is 6. The maximum atomic E-state index is 14.4. The van der Waals surface area contributed by atoms with Crippen molar-refractivity contribution in [1.29, 1.82) is 0 Å². The molecule has 0 spiro atoms. The highest BCUT2D eigenvalue weighted by Gasteiger charge is 2.29. The molecule has 0 unspecified atom stereocenters. The molecule has 1 aromatic heterocycles. The molecular formula is C24H21F2N3O4S. The predicted octanol–water partition coefficient (Wildman–Crippen LogP) is 3.70. The number of aromatic nitrogens is 1. The molecule has 2 heterocycles. The number of nitrogens with zero attached hydrogens (tertiary/aromatic N) is 3. The van der Waals surface area contributed by atoms with Crippen molar-refractivity contribution in [2.45, 2.75) is 4.90 Å². The summed E-state index contributed by atoms with van der Waals surface area (Å²) in [6.07, 6.45) is 5.84. The molecule has 10 heteroatoms. The van der Waals surface area contributed by atoms with Crippen LogP contribution in [0.1, 0.15) is 5.56 Å². The second kappa shape index (κ2) is 10.1. The number of amides is 1. The fourth-order valence-electron chi connectivity index (χ4n) is 3.44. The minimum atomic E-state index is -3.84. The number of ether oxygens (including phenoxy) is 1. The summed E-state index contributed by atoms with van der Waals surface area (Å²) in [6.45, 7) is 0.550. The van der Waals surface area contributed by atoms with Crippen LogP contribution in [0.3, 0.4) is 0 Å². The average Bonchev–Trinajstić information content (AvgIpc) is 2.85. The first-order chi connectivity index (χ1) is 16.3. The van der Waals surface area contributed by atoms with Gasteiger partial charge in [-0.05, 0) is 54.1 Å². The fraction of sp³-hybridized carbons (Fsp3) is 0.167. The van der Waals surface area contributed by atoms with Gasteiger partial charge >= 0.3 is 0 Å². The van der Waals surface area contributed by atoms with Gasteiger partial charge in [-0.2, -0.15) is 4.31 Å². The molecule has 1 aliphatic heterocycles. The Morgan fingerprint density at radius 3 is 2.47 bits per heavy atom. The number of piperazine rings is 1. The molecule has 2 aromatic carbocycles. The normalized spacial score (nSPS) is 14.9. The van der Waals surface area contributed by atoms with E-state index < -0.39 is 21.7 Å². The molecule has 3 aromatic rings. The summed E-state index contributed by atoms with van der Waals surface area (Å²) in [5.74, 6) is -1.10. The molecule has 0 saturated carbocycles. The molecule has 0 radical (unpaired) electrons. The van der Waals surface area contributed by atoms with Gasteiger partial charge in [0.25, 0.3) is 0 Å². The van der Waals surface area contributed by atoms with Crippen molar-refractivity contribution in [2.24, 2.45) is 0 Å². The van der Waals surface area contributed by atoms with Gasteiger partial charge in [0.05, 0.1) is 11.1 Å². The van der Waals surface area contributed by atoms with Crippen LogP contribution in [0.4, 0.5) is 8.78 Å². The molecule has 0 bridgehead atoms. The first-order valence-electron chi connectivity index (χ1n) is 10.4. The Balaban J connectivity index is 1.35. The van der Waals surface area contributed by atoms with Crippen molar-refractivity contribution in [3.63, 3.8) is 0 Å². The molecule has 0 aliphatic carbocycles. The van der Waals surface area contributed by atoms with E-state index in [0.29, 0.717) is 11.3 Å². The van der Waals surface area contributed by atoms with Crippen molar-refractivity contribution in [3.05, 3.63) is 90.3 Å². The Kier molecular flexibility index (Phi) is 6.99. The summed E-state index contributed by atoms with van der Waals surface area (Å²) in [7, 11) is -3.84. The zero-order valence-corrected chi connectivity index (χ0v) is 18.8. The molecule has 7 nitrogen and oxygen atoms in total. The highest BCUT2D eigenvalue weighted by Crippen LogP contribution is 2.25. The van der Waals surface area contributed by atoms with Gasteiger partial charge in [-0.3, -0.25) is 9.78 Å². The van der Waals surface area contributed by atoms with Crippen molar-refractivity contribution < 1.29 is 26.7 Å². The minimum absolute atomic E-state index is 0.0344. The van der Waals surface area contributed by atoms with E-state index in [9.17, 15) is 22.0 Å². The van der Waals surface area contributed by atoms with Crippen LogP contribution < -0.4 is 4.74 Å². The van der Waals surface area contributed by atoms with Crippen LogP contribution in [0.5, 0.6) is 11.5 Å². The van der Waals surface area contributed by atoms with Gasteiger partial charge in [0.1, 0.15) is 11.6 Å². The molecule has 0 atom stereocenters. The van der Waals surface area contributed by atoms with E-state index in [0.717, 1.165) is 6.07 Å². The highest BCUT2D eigenvalue weighted by atomic mass is 32.2. The van der Waals surface area contributed by atoms with Gasteiger partial charge in [0.2, 0.25) is 15.9 Å². The molecule has 1 amide bonds.